The SMILES string of the molecule is CCCC(CN)C(=O)Nc1cccc(S(N)(=O)=O)c1. The smallest absolute Gasteiger partial charge is 0.238 e. The van der Waals surface area contributed by atoms with Gasteiger partial charge in [0.25, 0.3) is 0 Å². The second-order valence-electron chi connectivity index (χ2n) is 4.28. The lowest BCUT2D eigenvalue weighted by Crippen LogP contribution is -2.29. The zero-order chi connectivity index (χ0) is 14.5. The van der Waals surface area contributed by atoms with Gasteiger partial charge in [-0.2, -0.15) is 0 Å². The van der Waals surface area contributed by atoms with Gasteiger partial charge in [-0.05, 0) is 24.6 Å². The maximum absolute atomic E-state index is 11.9. The molecule has 1 unspecified atom stereocenters. The average molecular weight is 285 g/mol. The number of hydrogen-bond donors (Lipinski definition) is 3. The first-order valence-corrected chi connectivity index (χ1v) is 7.57. The van der Waals surface area contributed by atoms with Crippen molar-refractivity contribution in [2.45, 2.75) is 24.7 Å². The van der Waals surface area contributed by atoms with E-state index in [0.29, 0.717) is 12.1 Å². The quantitative estimate of drug-likeness (QED) is 0.711. The predicted octanol–water partition coefficient (Wildman–Crippen LogP) is 0.647. The highest BCUT2D eigenvalue weighted by Crippen LogP contribution is 2.16. The number of rotatable bonds is 6. The number of carbonyl (C=O) groups excluding carboxylic acids is 1. The summed E-state index contributed by atoms with van der Waals surface area (Å²) in [7, 11) is -3.77. The number of hydrogen-bond acceptors (Lipinski definition) is 4. The summed E-state index contributed by atoms with van der Waals surface area (Å²) in [6.45, 7) is 2.23. The standard InChI is InChI=1S/C12H19N3O3S/c1-2-4-9(8-13)12(16)15-10-5-3-6-11(7-10)19(14,17)18/h3,5-7,9H,2,4,8,13H2,1H3,(H,15,16)(H2,14,17,18). The molecule has 0 aromatic heterocycles. The molecule has 7 heteroatoms. The fourth-order valence-electron chi connectivity index (χ4n) is 1.70. The highest BCUT2D eigenvalue weighted by Gasteiger charge is 2.16. The Balaban J connectivity index is 2.85. The van der Waals surface area contributed by atoms with Crippen LogP contribution in [0.2, 0.25) is 0 Å². The van der Waals surface area contributed by atoms with Crippen LogP contribution in [0.15, 0.2) is 29.2 Å². The van der Waals surface area contributed by atoms with E-state index in [2.05, 4.69) is 5.32 Å². The number of carbonyl (C=O) groups is 1. The first-order chi connectivity index (χ1) is 8.88. The molecule has 1 rings (SSSR count). The normalized spacial score (nSPS) is 13.0. The molecule has 6 nitrogen and oxygen atoms in total. The van der Waals surface area contributed by atoms with Gasteiger partial charge in [0.1, 0.15) is 0 Å². The summed E-state index contributed by atoms with van der Waals surface area (Å²) in [6, 6.07) is 5.82. The lowest BCUT2D eigenvalue weighted by atomic mass is 10.0. The van der Waals surface area contributed by atoms with Crippen LogP contribution in [0.1, 0.15) is 19.8 Å². The highest BCUT2D eigenvalue weighted by atomic mass is 32.2. The number of sulfonamides is 1. The van der Waals surface area contributed by atoms with Crippen molar-refractivity contribution in [2.75, 3.05) is 11.9 Å². The van der Waals surface area contributed by atoms with Gasteiger partial charge in [0.15, 0.2) is 0 Å². The largest absolute Gasteiger partial charge is 0.330 e. The van der Waals surface area contributed by atoms with Crippen molar-refractivity contribution in [3.8, 4) is 0 Å². The third kappa shape index (κ3) is 4.62. The van der Waals surface area contributed by atoms with Crippen molar-refractivity contribution in [1.82, 2.24) is 0 Å². The maximum atomic E-state index is 11.9. The molecule has 1 aromatic carbocycles. The zero-order valence-electron chi connectivity index (χ0n) is 10.8. The summed E-state index contributed by atoms with van der Waals surface area (Å²) in [5.41, 5.74) is 5.93. The number of primary sulfonamides is 1. The Morgan fingerprint density at radius 3 is 2.63 bits per heavy atom. The molecular weight excluding hydrogens is 266 g/mol. The molecule has 0 aliphatic carbocycles. The number of anilines is 1. The molecule has 0 saturated carbocycles. The van der Waals surface area contributed by atoms with Gasteiger partial charge in [-0.3, -0.25) is 4.79 Å². The number of benzene rings is 1. The topological polar surface area (TPSA) is 115 Å². The van der Waals surface area contributed by atoms with Gasteiger partial charge >= 0.3 is 0 Å². The summed E-state index contributed by atoms with van der Waals surface area (Å²) in [5.74, 6) is -0.487. The van der Waals surface area contributed by atoms with Gasteiger partial charge in [-0.15, -0.1) is 0 Å². The summed E-state index contributed by atoms with van der Waals surface area (Å²) < 4.78 is 22.4. The van der Waals surface area contributed by atoms with Gasteiger partial charge < -0.3 is 11.1 Å². The van der Waals surface area contributed by atoms with Crippen LogP contribution in [0.3, 0.4) is 0 Å². The molecule has 0 aliphatic rings. The van der Waals surface area contributed by atoms with E-state index in [-0.39, 0.29) is 23.3 Å². The summed E-state index contributed by atoms with van der Waals surface area (Å²) in [5, 5.41) is 7.68. The van der Waals surface area contributed by atoms with E-state index in [4.69, 9.17) is 10.9 Å². The molecule has 1 atom stereocenters. The molecule has 0 aliphatic heterocycles. The minimum atomic E-state index is -3.77. The van der Waals surface area contributed by atoms with Crippen LogP contribution >= 0.6 is 0 Å². The number of nitrogens with one attached hydrogen (secondary N) is 1. The Kier molecular flexibility index (Phi) is 5.46. The summed E-state index contributed by atoms with van der Waals surface area (Å²) >= 11 is 0. The monoisotopic (exact) mass is 285 g/mol. The van der Waals surface area contributed by atoms with E-state index in [1.54, 1.807) is 6.07 Å². The molecule has 0 fully saturated rings. The van der Waals surface area contributed by atoms with Crippen molar-refractivity contribution in [3.63, 3.8) is 0 Å². The van der Waals surface area contributed by atoms with Crippen LogP contribution < -0.4 is 16.2 Å². The Bertz CT molecular complexity index is 543. The minimum Gasteiger partial charge on any atom is -0.330 e. The van der Waals surface area contributed by atoms with Crippen LogP contribution in [-0.4, -0.2) is 20.9 Å². The van der Waals surface area contributed by atoms with Crippen molar-refractivity contribution < 1.29 is 13.2 Å². The van der Waals surface area contributed by atoms with Crippen molar-refractivity contribution >= 4 is 21.6 Å². The molecule has 0 spiro atoms. The lowest BCUT2D eigenvalue weighted by molar-refractivity contribution is -0.119. The van der Waals surface area contributed by atoms with Gasteiger partial charge in [0, 0.05) is 12.2 Å². The van der Waals surface area contributed by atoms with Crippen molar-refractivity contribution in [2.24, 2.45) is 16.8 Å². The molecule has 0 bridgehead atoms. The fraction of sp³-hybridized carbons (Fsp3) is 0.417. The van der Waals surface area contributed by atoms with E-state index in [9.17, 15) is 13.2 Å². The molecule has 19 heavy (non-hydrogen) atoms. The van der Waals surface area contributed by atoms with E-state index in [0.717, 1.165) is 6.42 Å². The first-order valence-electron chi connectivity index (χ1n) is 6.02. The average Bonchev–Trinajstić information content (AvgIpc) is 2.35. The lowest BCUT2D eigenvalue weighted by Gasteiger charge is -2.14. The molecule has 1 amide bonds. The van der Waals surface area contributed by atoms with Crippen molar-refractivity contribution in [3.05, 3.63) is 24.3 Å². The molecule has 5 N–H and O–H groups in total. The Labute approximate surface area is 113 Å². The van der Waals surface area contributed by atoms with Gasteiger partial charge in [-0.1, -0.05) is 19.4 Å². The second kappa shape index (κ2) is 6.65. The number of amides is 1. The van der Waals surface area contributed by atoms with Crippen LogP contribution in [0.25, 0.3) is 0 Å². The van der Waals surface area contributed by atoms with Crippen LogP contribution in [0, 0.1) is 5.92 Å². The van der Waals surface area contributed by atoms with Crippen LogP contribution in [0.4, 0.5) is 5.69 Å². The minimum absolute atomic E-state index is 0.0370. The molecule has 0 radical (unpaired) electrons. The maximum Gasteiger partial charge on any atom is 0.238 e. The molecule has 1 aromatic rings. The predicted molar refractivity (Wildman–Crippen MR) is 73.9 cm³/mol. The summed E-state index contributed by atoms with van der Waals surface area (Å²) in [4.78, 5) is 11.9. The molecule has 106 valence electrons. The Hall–Kier alpha value is -1.44. The fourth-order valence-corrected chi connectivity index (χ4v) is 2.26. The van der Waals surface area contributed by atoms with Gasteiger partial charge in [0.05, 0.1) is 10.8 Å². The van der Waals surface area contributed by atoms with E-state index >= 15 is 0 Å². The number of nitrogens with two attached hydrogens (primary N) is 2. The first kappa shape index (κ1) is 15.6. The highest BCUT2D eigenvalue weighted by molar-refractivity contribution is 7.89. The van der Waals surface area contributed by atoms with Crippen LogP contribution in [0.5, 0.6) is 0 Å². The summed E-state index contributed by atoms with van der Waals surface area (Å²) in [6.07, 6.45) is 1.55. The van der Waals surface area contributed by atoms with Gasteiger partial charge in [-0.25, -0.2) is 13.6 Å². The third-order valence-corrected chi connectivity index (χ3v) is 3.63. The van der Waals surface area contributed by atoms with E-state index in [1.807, 2.05) is 6.92 Å². The molecular formula is C12H19N3O3S. The van der Waals surface area contributed by atoms with Crippen LogP contribution in [-0.2, 0) is 14.8 Å². The zero-order valence-corrected chi connectivity index (χ0v) is 11.6. The Morgan fingerprint density at radius 1 is 1.42 bits per heavy atom. The molecule has 0 heterocycles. The van der Waals surface area contributed by atoms with E-state index in [1.165, 1.54) is 18.2 Å². The third-order valence-electron chi connectivity index (χ3n) is 2.72. The Morgan fingerprint density at radius 2 is 2.11 bits per heavy atom. The van der Waals surface area contributed by atoms with Gasteiger partial charge in [0.2, 0.25) is 15.9 Å². The van der Waals surface area contributed by atoms with Crippen molar-refractivity contribution in [1.29, 1.82) is 0 Å². The second-order valence-corrected chi connectivity index (χ2v) is 5.84. The molecule has 0 saturated heterocycles. The van der Waals surface area contributed by atoms with E-state index < -0.39 is 10.0 Å².